The molecule has 1 aliphatic heterocycles. The van der Waals surface area contributed by atoms with Crippen LogP contribution in [0.5, 0.6) is 0 Å². The van der Waals surface area contributed by atoms with E-state index in [4.69, 9.17) is 4.74 Å². The summed E-state index contributed by atoms with van der Waals surface area (Å²) in [5, 5.41) is 8.47. The number of nitrogens with zero attached hydrogens (tertiary/aromatic N) is 5. The van der Waals surface area contributed by atoms with Crippen molar-refractivity contribution in [1.82, 2.24) is 24.3 Å². The van der Waals surface area contributed by atoms with Gasteiger partial charge in [0, 0.05) is 36.9 Å². The van der Waals surface area contributed by atoms with E-state index in [9.17, 15) is 4.79 Å². The fourth-order valence-corrected chi connectivity index (χ4v) is 3.43. The predicted octanol–water partition coefficient (Wildman–Crippen LogP) is 3.30. The second-order valence-corrected chi connectivity index (χ2v) is 6.93. The molecule has 1 fully saturated rings. The van der Waals surface area contributed by atoms with Crippen LogP contribution in [0.1, 0.15) is 39.2 Å². The minimum absolute atomic E-state index is 0.235. The van der Waals surface area contributed by atoms with Gasteiger partial charge in [-0.1, -0.05) is 26.7 Å². The van der Waals surface area contributed by atoms with Crippen LogP contribution < -0.4 is 5.32 Å². The van der Waals surface area contributed by atoms with Crippen LogP contribution in [0.15, 0.2) is 30.9 Å². The van der Waals surface area contributed by atoms with Gasteiger partial charge in [-0.25, -0.2) is 9.78 Å². The highest BCUT2D eigenvalue weighted by atomic mass is 16.5. The quantitative estimate of drug-likeness (QED) is 0.644. The van der Waals surface area contributed by atoms with Crippen molar-refractivity contribution in [3.8, 4) is 0 Å². The maximum absolute atomic E-state index is 11.7. The van der Waals surface area contributed by atoms with E-state index >= 15 is 0 Å². The number of aromatic nitrogens is 5. The molecular formula is C19H24N6O2. The summed E-state index contributed by atoms with van der Waals surface area (Å²) in [5.41, 5.74) is 1.67. The molecule has 1 atom stereocenters. The predicted molar refractivity (Wildman–Crippen MR) is 102 cm³/mol. The maximum atomic E-state index is 11.7. The van der Waals surface area contributed by atoms with Gasteiger partial charge in [-0.3, -0.25) is 4.68 Å². The number of esters is 1. The summed E-state index contributed by atoms with van der Waals surface area (Å²) in [7, 11) is 0. The molecule has 4 rings (SSSR count). The number of ether oxygens (including phenoxy) is 1. The van der Waals surface area contributed by atoms with E-state index in [0.29, 0.717) is 24.9 Å². The molecule has 3 aromatic heterocycles. The molecule has 1 saturated heterocycles. The summed E-state index contributed by atoms with van der Waals surface area (Å²) in [6, 6.07) is 1.70. The molecule has 0 aliphatic carbocycles. The van der Waals surface area contributed by atoms with Crippen LogP contribution in [0.2, 0.25) is 0 Å². The molecule has 3 aromatic rings. The third kappa shape index (κ3) is 3.51. The number of hydrogen-bond acceptors (Lipinski definition) is 6. The van der Waals surface area contributed by atoms with Gasteiger partial charge in [-0.2, -0.15) is 10.1 Å². The third-order valence-electron chi connectivity index (χ3n) is 5.20. The van der Waals surface area contributed by atoms with Gasteiger partial charge >= 0.3 is 5.97 Å². The molecular weight excluding hydrogens is 344 g/mol. The van der Waals surface area contributed by atoms with Crippen LogP contribution in [-0.4, -0.2) is 36.9 Å². The lowest BCUT2D eigenvalue weighted by Gasteiger charge is -2.14. The fraction of sp³-hybridized carbons (Fsp3) is 0.474. The van der Waals surface area contributed by atoms with E-state index in [1.807, 2.05) is 12.3 Å². The minimum Gasteiger partial charge on any atom is -0.464 e. The van der Waals surface area contributed by atoms with Gasteiger partial charge in [0.1, 0.15) is 5.65 Å². The Morgan fingerprint density at radius 2 is 2.19 bits per heavy atom. The summed E-state index contributed by atoms with van der Waals surface area (Å²) < 4.78 is 8.83. The maximum Gasteiger partial charge on any atom is 0.331 e. The Hall–Kier alpha value is -2.90. The van der Waals surface area contributed by atoms with E-state index in [-0.39, 0.29) is 12.0 Å². The van der Waals surface area contributed by atoms with Crippen molar-refractivity contribution in [2.45, 2.75) is 45.7 Å². The van der Waals surface area contributed by atoms with Crippen molar-refractivity contribution < 1.29 is 9.53 Å². The number of anilines is 2. The van der Waals surface area contributed by atoms with E-state index in [2.05, 4.69) is 45.0 Å². The topological polar surface area (TPSA) is 86.9 Å². The number of carbonyl (C=O) groups excluding carboxylic acids is 1. The fourth-order valence-electron chi connectivity index (χ4n) is 3.43. The molecule has 27 heavy (non-hydrogen) atoms. The Morgan fingerprint density at radius 3 is 2.93 bits per heavy atom. The van der Waals surface area contributed by atoms with Gasteiger partial charge in [0.25, 0.3) is 0 Å². The average molecular weight is 368 g/mol. The van der Waals surface area contributed by atoms with Crippen molar-refractivity contribution in [1.29, 1.82) is 0 Å². The first kappa shape index (κ1) is 17.5. The molecule has 0 spiro atoms. The summed E-state index contributed by atoms with van der Waals surface area (Å²) in [5.74, 6) is 0.915. The molecule has 0 radical (unpaired) electrons. The van der Waals surface area contributed by atoms with E-state index in [0.717, 1.165) is 36.1 Å². The minimum atomic E-state index is -0.346. The van der Waals surface area contributed by atoms with Crippen LogP contribution in [0, 0.1) is 5.92 Å². The highest BCUT2D eigenvalue weighted by Crippen LogP contribution is 2.23. The lowest BCUT2D eigenvalue weighted by atomic mass is 10.0. The van der Waals surface area contributed by atoms with Crippen LogP contribution in [0.3, 0.4) is 0 Å². The largest absolute Gasteiger partial charge is 0.464 e. The SMILES string of the molecule is CCC(CC)Cn1ccc2cnc(Nc3cnn(C4CCOC4=O)c3)nc21. The molecule has 1 N–H and O–H groups in total. The summed E-state index contributed by atoms with van der Waals surface area (Å²) in [6.07, 6.45) is 10.3. The van der Waals surface area contributed by atoms with Crippen molar-refractivity contribution >= 4 is 28.6 Å². The first-order valence-corrected chi connectivity index (χ1v) is 9.47. The lowest BCUT2D eigenvalue weighted by molar-refractivity contribution is -0.140. The second kappa shape index (κ2) is 7.38. The molecule has 0 saturated carbocycles. The average Bonchev–Trinajstić information content (AvgIpc) is 3.40. The Balaban J connectivity index is 1.54. The molecule has 142 valence electrons. The zero-order valence-electron chi connectivity index (χ0n) is 15.6. The van der Waals surface area contributed by atoms with Crippen LogP contribution in [0.25, 0.3) is 11.0 Å². The Morgan fingerprint density at radius 1 is 1.33 bits per heavy atom. The van der Waals surface area contributed by atoms with E-state index in [1.54, 1.807) is 17.1 Å². The van der Waals surface area contributed by atoms with Gasteiger partial charge in [0.05, 0.1) is 18.5 Å². The molecule has 1 aliphatic rings. The second-order valence-electron chi connectivity index (χ2n) is 6.93. The van der Waals surface area contributed by atoms with Crippen molar-refractivity contribution in [3.05, 3.63) is 30.9 Å². The van der Waals surface area contributed by atoms with E-state index in [1.165, 1.54) is 0 Å². The number of rotatable bonds is 7. The smallest absolute Gasteiger partial charge is 0.331 e. The van der Waals surface area contributed by atoms with Gasteiger partial charge < -0.3 is 14.6 Å². The number of carbonyl (C=O) groups is 1. The normalized spacial score (nSPS) is 17.0. The van der Waals surface area contributed by atoms with Gasteiger partial charge in [0.15, 0.2) is 6.04 Å². The molecule has 0 aromatic carbocycles. The first-order valence-electron chi connectivity index (χ1n) is 9.47. The van der Waals surface area contributed by atoms with Gasteiger partial charge in [0.2, 0.25) is 5.95 Å². The summed E-state index contributed by atoms with van der Waals surface area (Å²) in [4.78, 5) is 20.8. The third-order valence-corrected chi connectivity index (χ3v) is 5.20. The van der Waals surface area contributed by atoms with Crippen LogP contribution in [-0.2, 0) is 16.1 Å². The van der Waals surface area contributed by atoms with Crippen molar-refractivity contribution in [2.24, 2.45) is 5.92 Å². The Labute approximate surface area is 157 Å². The number of hydrogen-bond donors (Lipinski definition) is 1. The van der Waals surface area contributed by atoms with Crippen molar-refractivity contribution in [2.75, 3.05) is 11.9 Å². The highest BCUT2D eigenvalue weighted by molar-refractivity contribution is 5.77. The van der Waals surface area contributed by atoms with Crippen LogP contribution >= 0.6 is 0 Å². The van der Waals surface area contributed by atoms with Gasteiger partial charge in [-0.15, -0.1) is 0 Å². The van der Waals surface area contributed by atoms with E-state index < -0.39 is 0 Å². The molecule has 1 unspecified atom stereocenters. The molecule has 4 heterocycles. The Bertz CT molecular complexity index is 943. The zero-order chi connectivity index (χ0) is 18.8. The Kier molecular flexibility index (Phi) is 4.79. The summed E-state index contributed by atoms with van der Waals surface area (Å²) >= 11 is 0. The molecule has 8 nitrogen and oxygen atoms in total. The molecule has 8 heteroatoms. The number of fused-ring (bicyclic) bond motifs is 1. The van der Waals surface area contributed by atoms with Crippen LogP contribution in [0.4, 0.5) is 11.6 Å². The number of cyclic esters (lactones) is 1. The standard InChI is InChI=1S/C19H24N6O2/c1-3-13(4-2)11-24-7-5-14-9-20-19(23-17(14)24)22-15-10-21-25(12-15)16-6-8-27-18(16)26/h5,7,9-10,12-13,16H,3-4,6,8,11H2,1-2H3,(H,20,22,23). The molecule has 0 bridgehead atoms. The number of nitrogens with one attached hydrogen (secondary N) is 1. The first-order chi connectivity index (χ1) is 13.2. The summed E-state index contributed by atoms with van der Waals surface area (Å²) in [6.45, 7) is 5.84. The van der Waals surface area contributed by atoms with Gasteiger partial charge in [-0.05, 0) is 12.0 Å². The lowest BCUT2D eigenvalue weighted by Crippen LogP contribution is -2.14. The monoisotopic (exact) mass is 368 g/mol. The molecule has 0 amide bonds. The zero-order valence-corrected chi connectivity index (χ0v) is 15.6. The van der Waals surface area contributed by atoms with Crippen molar-refractivity contribution in [3.63, 3.8) is 0 Å². The highest BCUT2D eigenvalue weighted by Gasteiger charge is 2.28.